The van der Waals surface area contributed by atoms with Crippen LogP contribution in [0.15, 0.2) is 42.6 Å². The number of methoxy groups -OCH3 is 1. The van der Waals surface area contributed by atoms with Gasteiger partial charge in [-0.2, -0.15) is 0 Å². The number of ether oxygens (including phenoxy) is 1. The van der Waals surface area contributed by atoms with E-state index in [1.807, 2.05) is 24.3 Å². The summed E-state index contributed by atoms with van der Waals surface area (Å²) in [4.78, 5) is 19.0. The van der Waals surface area contributed by atoms with Crippen molar-refractivity contribution in [3.8, 4) is 5.75 Å². The Morgan fingerprint density at radius 1 is 1.33 bits per heavy atom. The summed E-state index contributed by atoms with van der Waals surface area (Å²) in [5.74, 6) is 1.19. The van der Waals surface area contributed by atoms with Crippen LogP contribution in [-0.4, -0.2) is 31.1 Å². The van der Waals surface area contributed by atoms with Gasteiger partial charge in [-0.3, -0.25) is 4.79 Å². The molecule has 5 nitrogen and oxygen atoms in total. The number of anilines is 2. The van der Waals surface area contributed by atoms with Crippen LogP contribution in [0.25, 0.3) is 0 Å². The molecule has 1 unspecified atom stereocenters. The van der Waals surface area contributed by atoms with Gasteiger partial charge in [-0.1, -0.05) is 13.0 Å². The lowest BCUT2D eigenvalue weighted by atomic mass is 10.00. The Bertz CT molecular complexity index is 700. The van der Waals surface area contributed by atoms with Gasteiger partial charge >= 0.3 is 0 Å². The third-order valence-electron chi connectivity index (χ3n) is 4.33. The van der Waals surface area contributed by atoms with E-state index in [0.717, 1.165) is 18.8 Å². The largest absolute Gasteiger partial charge is 0.497 e. The first-order chi connectivity index (χ1) is 11.7. The van der Waals surface area contributed by atoms with Crippen LogP contribution in [0.3, 0.4) is 0 Å². The minimum Gasteiger partial charge on any atom is -0.497 e. The molecule has 5 heteroatoms. The molecule has 0 saturated carbocycles. The summed E-state index contributed by atoms with van der Waals surface area (Å²) in [7, 11) is 1.60. The van der Waals surface area contributed by atoms with Crippen LogP contribution in [0.1, 0.15) is 30.3 Å². The molecule has 1 aliphatic heterocycles. The minimum atomic E-state index is -0.221. The topological polar surface area (TPSA) is 54.5 Å². The Hall–Kier alpha value is -2.56. The van der Waals surface area contributed by atoms with Crippen LogP contribution >= 0.6 is 0 Å². The molecule has 0 spiro atoms. The summed E-state index contributed by atoms with van der Waals surface area (Å²) < 4.78 is 5.16. The van der Waals surface area contributed by atoms with E-state index in [0.29, 0.717) is 23.0 Å². The van der Waals surface area contributed by atoms with Gasteiger partial charge in [-0.05, 0) is 43.0 Å². The van der Waals surface area contributed by atoms with Gasteiger partial charge in [0.2, 0.25) is 0 Å². The standard InChI is InChI=1S/C19H23N3O2/c1-14-5-4-10-22(13-14)16-8-9-18(20-12-16)19(23)21-15-6-3-7-17(11-15)24-2/h3,6-9,11-12,14H,4-5,10,13H2,1-2H3,(H,21,23). The maximum Gasteiger partial charge on any atom is 0.274 e. The zero-order valence-corrected chi connectivity index (χ0v) is 14.2. The molecular formula is C19H23N3O2. The number of benzene rings is 1. The Morgan fingerprint density at radius 3 is 2.92 bits per heavy atom. The van der Waals surface area contributed by atoms with Crippen molar-refractivity contribution in [2.75, 3.05) is 30.4 Å². The molecule has 3 rings (SSSR count). The molecule has 1 atom stereocenters. The predicted molar refractivity (Wildman–Crippen MR) is 95.8 cm³/mol. The SMILES string of the molecule is COc1cccc(NC(=O)c2ccc(N3CCCC(C)C3)cn2)c1. The number of piperidine rings is 1. The van der Waals surface area contributed by atoms with E-state index in [1.165, 1.54) is 12.8 Å². The second-order valence-electron chi connectivity index (χ2n) is 6.28. The minimum absolute atomic E-state index is 0.221. The highest BCUT2D eigenvalue weighted by Crippen LogP contribution is 2.22. The molecule has 1 amide bonds. The van der Waals surface area contributed by atoms with E-state index in [9.17, 15) is 4.79 Å². The maximum atomic E-state index is 12.3. The molecular weight excluding hydrogens is 302 g/mol. The Labute approximate surface area is 142 Å². The van der Waals surface area contributed by atoms with Crippen LogP contribution in [0.5, 0.6) is 5.75 Å². The molecule has 1 aromatic carbocycles. The molecule has 2 heterocycles. The molecule has 0 aliphatic carbocycles. The lowest BCUT2D eigenvalue weighted by Gasteiger charge is -2.32. The smallest absolute Gasteiger partial charge is 0.274 e. The molecule has 24 heavy (non-hydrogen) atoms. The predicted octanol–water partition coefficient (Wildman–Crippen LogP) is 3.58. The number of pyridine rings is 1. The number of rotatable bonds is 4. The number of amides is 1. The van der Waals surface area contributed by atoms with Crippen LogP contribution in [0.4, 0.5) is 11.4 Å². The lowest BCUT2D eigenvalue weighted by molar-refractivity contribution is 0.102. The fourth-order valence-electron chi connectivity index (χ4n) is 3.03. The van der Waals surface area contributed by atoms with Gasteiger partial charge in [0.15, 0.2) is 0 Å². The second-order valence-corrected chi connectivity index (χ2v) is 6.28. The van der Waals surface area contributed by atoms with E-state index < -0.39 is 0 Å². The second kappa shape index (κ2) is 7.34. The summed E-state index contributed by atoms with van der Waals surface area (Å²) in [6.45, 7) is 4.38. The number of hydrogen-bond donors (Lipinski definition) is 1. The van der Waals surface area contributed by atoms with Gasteiger partial charge in [-0.25, -0.2) is 4.98 Å². The van der Waals surface area contributed by atoms with Gasteiger partial charge in [0.25, 0.3) is 5.91 Å². The maximum absolute atomic E-state index is 12.3. The molecule has 1 N–H and O–H groups in total. The Morgan fingerprint density at radius 2 is 2.21 bits per heavy atom. The van der Waals surface area contributed by atoms with Gasteiger partial charge in [0.1, 0.15) is 11.4 Å². The normalized spacial score (nSPS) is 17.4. The number of nitrogens with zero attached hydrogens (tertiary/aromatic N) is 2. The summed E-state index contributed by atoms with van der Waals surface area (Å²) in [5.41, 5.74) is 2.18. The van der Waals surface area contributed by atoms with Gasteiger partial charge in [-0.15, -0.1) is 0 Å². The van der Waals surface area contributed by atoms with E-state index >= 15 is 0 Å². The molecule has 1 aromatic heterocycles. The Balaban J connectivity index is 1.67. The fraction of sp³-hybridized carbons (Fsp3) is 0.368. The van der Waals surface area contributed by atoms with E-state index in [2.05, 4.69) is 22.1 Å². The van der Waals surface area contributed by atoms with Gasteiger partial charge in [0, 0.05) is 24.8 Å². The molecule has 126 valence electrons. The van der Waals surface area contributed by atoms with E-state index in [-0.39, 0.29) is 5.91 Å². The van der Waals surface area contributed by atoms with Crippen molar-refractivity contribution >= 4 is 17.3 Å². The third kappa shape index (κ3) is 3.85. The molecule has 1 saturated heterocycles. The quantitative estimate of drug-likeness (QED) is 0.933. The first-order valence-electron chi connectivity index (χ1n) is 8.32. The van der Waals surface area contributed by atoms with E-state index in [1.54, 1.807) is 25.4 Å². The van der Waals surface area contributed by atoms with Crippen molar-refractivity contribution in [2.24, 2.45) is 5.92 Å². The summed E-state index contributed by atoms with van der Waals surface area (Å²) >= 11 is 0. The van der Waals surface area contributed by atoms with Gasteiger partial charge in [0.05, 0.1) is 19.0 Å². The molecule has 1 aliphatic rings. The first-order valence-corrected chi connectivity index (χ1v) is 8.32. The summed E-state index contributed by atoms with van der Waals surface area (Å²) in [5, 5.41) is 2.84. The van der Waals surface area contributed by atoms with Crippen LogP contribution in [0, 0.1) is 5.92 Å². The van der Waals surface area contributed by atoms with Crippen molar-refractivity contribution in [2.45, 2.75) is 19.8 Å². The summed E-state index contributed by atoms with van der Waals surface area (Å²) in [6, 6.07) is 11.0. The van der Waals surface area contributed by atoms with Crippen molar-refractivity contribution in [1.82, 2.24) is 4.98 Å². The number of carbonyl (C=O) groups is 1. The molecule has 2 aromatic rings. The first kappa shape index (κ1) is 16.3. The third-order valence-corrected chi connectivity index (χ3v) is 4.33. The summed E-state index contributed by atoms with van der Waals surface area (Å²) in [6.07, 6.45) is 4.28. The average Bonchev–Trinajstić information content (AvgIpc) is 2.62. The van der Waals surface area contributed by atoms with Crippen molar-refractivity contribution in [1.29, 1.82) is 0 Å². The molecule has 1 fully saturated rings. The van der Waals surface area contributed by atoms with Crippen LogP contribution in [-0.2, 0) is 0 Å². The monoisotopic (exact) mass is 325 g/mol. The zero-order valence-electron chi connectivity index (χ0n) is 14.2. The Kier molecular flexibility index (Phi) is 4.99. The average molecular weight is 325 g/mol. The number of hydrogen-bond acceptors (Lipinski definition) is 4. The highest BCUT2D eigenvalue weighted by molar-refractivity contribution is 6.03. The number of carbonyl (C=O) groups excluding carboxylic acids is 1. The number of aromatic nitrogens is 1. The molecule has 0 bridgehead atoms. The fourth-order valence-corrected chi connectivity index (χ4v) is 3.03. The van der Waals surface area contributed by atoms with Crippen molar-refractivity contribution in [3.05, 3.63) is 48.3 Å². The highest BCUT2D eigenvalue weighted by Gasteiger charge is 2.17. The highest BCUT2D eigenvalue weighted by atomic mass is 16.5. The van der Waals surface area contributed by atoms with Gasteiger partial charge < -0.3 is 15.0 Å². The lowest BCUT2D eigenvalue weighted by Crippen LogP contribution is -2.34. The zero-order chi connectivity index (χ0) is 16.9. The number of nitrogens with one attached hydrogen (secondary N) is 1. The van der Waals surface area contributed by atoms with Crippen molar-refractivity contribution in [3.63, 3.8) is 0 Å². The van der Waals surface area contributed by atoms with Crippen LogP contribution in [0.2, 0.25) is 0 Å². The van der Waals surface area contributed by atoms with Crippen molar-refractivity contribution < 1.29 is 9.53 Å². The van der Waals surface area contributed by atoms with Crippen LogP contribution < -0.4 is 15.0 Å². The molecule has 0 radical (unpaired) electrons. The van der Waals surface area contributed by atoms with E-state index in [4.69, 9.17) is 4.74 Å².